The van der Waals surface area contributed by atoms with Crippen LogP contribution in [-0.4, -0.2) is 71.8 Å². The number of fused-ring (bicyclic) bond motifs is 2. The number of pyridine rings is 1. The van der Waals surface area contributed by atoms with Crippen LogP contribution in [0.3, 0.4) is 0 Å². The van der Waals surface area contributed by atoms with Gasteiger partial charge in [0.25, 0.3) is 5.91 Å². The van der Waals surface area contributed by atoms with E-state index in [0.717, 1.165) is 30.2 Å². The van der Waals surface area contributed by atoms with Crippen molar-refractivity contribution in [1.82, 2.24) is 24.7 Å². The molecule has 1 amide bonds. The van der Waals surface area contributed by atoms with Crippen molar-refractivity contribution in [3.8, 4) is 22.9 Å². The SMILES string of the molecule is COc1cc(Nc2nc(-c3cnc4c(c3)C(=O)NCCO4)cn3ccnc23)ccc1N1CCOCC1. The molecule has 0 spiro atoms. The van der Waals surface area contributed by atoms with Crippen molar-refractivity contribution >= 4 is 28.7 Å². The molecule has 2 aliphatic rings. The Kier molecular flexibility index (Phi) is 5.74. The van der Waals surface area contributed by atoms with Crippen molar-refractivity contribution in [3.05, 3.63) is 54.6 Å². The highest BCUT2D eigenvalue weighted by Gasteiger charge is 2.20. The van der Waals surface area contributed by atoms with Gasteiger partial charge in [0.05, 0.1) is 38.2 Å². The number of anilines is 3. The van der Waals surface area contributed by atoms with E-state index in [4.69, 9.17) is 19.2 Å². The molecule has 0 bridgehead atoms. The van der Waals surface area contributed by atoms with Crippen molar-refractivity contribution < 1.29 is 19.0 Å². The number of morpholine rings is 1. The van der Waals surface area contributed by atoms with E-state index in [0.29, 0.717) is 60.5 Å². The molecule has 0 unspecified atom stereocenters. The third-order valence-electron chi connectivity index (χ3n) is 6.19. The standard InChI is InChI=1S/C25H25N7O4/c1-34-21-13-17(2-3-20(21)31-7-10-35-11-8-31)29-22-23-26-4-6-32(23)15-19(30-22)16-12-18-24(33)27-5-9-36-25(18)28-14-16/h2-4,6,12-15H,5,7-11H2,1H3,(H,27,33)(H,29,30). The van der Waals surface area contributed by atoms with Gasteiger partial charge in [0.2, 0.25) is 5.88 Å². The molecule has 11 nitrogen and oxygen atoms in total. The third kappa shape index (κ3) is 4.13. The van der Waals surface area contributed by atoms with Gasteiger partial charge >= 0.3 is 0 Å². The number of benzene rings is 1. The van der Waals surface area contributed by atoms with E-state index in [1.165, 1.54) is 0 Å². The number of amides is 1. The Bertz CT molecular complexity index is 1430. The summed E-state index contributed by atoms with van der Waals surface area (Å²) in [5, 5.41) is 6.20. The van der Waals surface area contributed by atoms with Gasteiger partial charge in [0, 0.05) is 55.2 Å². The first-order valence-corrected chi connectivity index (χ1v) is 11.7. The molecule has 5 heterocycles. The van der Waals surface area contributed by atoms with Crippen LogP contribution < -0.4 is 25.0 Å². The second kappa shape index (κ2) is 9.34. The highest BCUT2D eigenvalue weighted by Crippen LogP contribution is 2.34. The maximum Gasteiger partial charge on any atom is 0.256 e. The van der Waals surface area contributed by atoms with Crippen molar-refractivity contribution in [2.75, 3.05) is 56.8 Å². The number of nitrogens with one attached hydrogen (secondary N) is 2. The number of rotatable bonds is 5. The Balaban J connectivity index is 1.35. The lowest BCUT2D eigenvalue weighted by atomic mass is 10.1. The van der Waals surface area contributed by atoms with Crippen LogP contribution in [0.2, 0.25) is 0 Å². The number of imidazole rings is 1. The number of aromatic nitrogens is 4. The van der Waals surface area contributed by atoms with Crippen molar-refractivity contribution in [3.63, 3.8) is 0 Å². The molecule has 36 heavy (non-hydrogen) atoms. The zero-order valence-electron chi connectivity index (χ0n) is 19.7. The lowest BCUT2D eigenvalue weighted by molar-refractivity contribution is 0.0957. The summed E-state index contributed by atoms with van der Waals surface area (Å²) in [6, 6.07) is 7.73. The molecular weight excluding hydrogens is 462 g/mol. The Morgan fingerprint density at radius 3 is 2.89 bits per heavy atom. The molecule has 1 aromatic carbocycles. The topological polar surface area (TPSA) is 115 Å². The highest BCUT2D eigenvalue weighted by atomic mass is 16.5. The Hall–Kier alpha value is -4.38. The van der Waals surface area contributed by atoms with E-state index in [-0.39, 0.29) is 5.91 Å². The molecule has 0 atom stereocenters. The van der Waals surface area contributed by atoms with Crippen LogP contribution >= 0.6 is 0 Å². The quantitative estimate of drug-likeness (QED) is 0.438. The number of hydrogen-bond donors (Lipinski definition) is 2. The fourth-order valence-corrected chi connectivity index (χ4v) is 4.39. The molecule has 1 fully saturated rings. The van der Waals surface area contributed by atoms with Crippen LogP contribution in [0.15, 0.2) is 49.1 Å². The minimum Gasteiger partial charge on any atom is -0.495 e. The third-order valence-corrected chi connectivity index (χ3v) is 6.19. The number of hydrogen-bond acceptors (Lipinski definition) is 9. The summed E-state index contributed by atoms with van der Waals surface area (Å²) in [5.41, 5.74) is 4.21. The van der Waals surface area contributed by atoms with Crippen LogP contribution in [0.1, 0.15) is 10.4 Å². The van der Waals surface area contributed by atoms with Gasteiger partial charge in [0.15, 0.2) is 11.5 Å². The molecular formula is C25H25N7O4. The summed E-state index contributed by atoms with van der Waals surface area (Å²) in [4.78, 5) is 28.4. The zero-order valence-corrected chi connectivity index (χ0v) is 19.7. The maximum absolute atomic E-state index is 12.5. The fourth-order valence-electron chi connectivity index (χ4n) is 4.39. The molecule has 3 aromatic heterocycles. The molecule has 11 heteroatoms. The average molecular weight is 488 g/mol. The molecule has 4 aromatic rings. The number of methoxy groups -OCH3 is 1. The minimum absolute atomic E-state index is 0.216. The smallest absolute Gasteiger partial charge is 0.256 e. The van der Waals surface area contributed by atoms with Gasteiger partial charge in [-0.1, -0.05) is 0 Å². The summed E-state index contributed by atoms with van der Waals surface area (Å²) in [7, 11) is 1.67. The molecule has 2 aliphatic heterocycles. The second-order valence-electron chi connectivity index (χ2n) is 8.42. The van der Waals surface area contributed by atoms with Crippen molar-refractivity contribution in [2.45, 2.75) is 0 Å². The van der Waals surface area contributed by atoms with Gasteiger partial charge in [-0.2, -0.15) is 0 Å². The number of carbonyl (C=O) groups is 1. The fraction of sp³-hybridized carbons (Fsp3) is 0.280. The summed E-state index contributed by atoms with van der Waals surface area (Å²) < 4.78 is 18.6. The number of carbonyl (C=O) groups excluding carboxylic acids is 1. The van der Waals surface area contributed by atoms with Gasteiger partial charge in [-0.15, -0.1) is 0 Å². The van der Waals surface area contributed by atoms with E-state index >= 15 is 0 Å². The highest BCUT2D eigenvalue weighted by molar-refractivity contribution is 5.97. The van der Waals surface area contributed by atoms with Crippen molar-refractivity contribution in [1.29, 1.82) is 0 Å². The molecule has 184 valence electrons. The van der Waals surface area contributed by atoms with E-state index in [9.17, 15) is 4.79 Å². The van der Waals surface area contributed by atoms with Gasteiger partial charge in [-0.25, -0.2) is 15.0 Å². The first kappa shape index (κ1) is 22.1. The van der Waals surface area contributed by atoms with Crippen LogP contribution in [-0.2, 0) is 4.74 Å². The first-order valence-electron chi connectivity index (χ1n) is 11.7. The monoisotopic (exact) mass is 487 g/mol. The number of ether oxygens (including phenoxy) is 3. The first-order chi connectivity index (χ1) is 17.7. The van der Waals surface area contributed by atoms with Crippen LogP contribution in [0.5, 0.6) is 11.6 Å². The normalized spacial score (nSPS) is 15.6. The summed E-state index contributed by atoms with van der Waals surface area (Å²) in [5.74, 6) is 1.43. The van der Waals surface area contributed by atoms with Crippen molar-refractivity contribution in [2.24, 2.45) is 0 Å². The summed E-state index contributed by atoms with van der Waals surface area (Å²) in [6.45, 7) is 3.85. The molecule has 0 saturated carbocycles. The summed E-state index contributed by atoms with van der Waals surface area (Å²) >= 11 is 0. The molecule has 2 N–H and O–H groups in total. The molecule has 0 aliphatic carbocycles. The van der Waals surface area contributed by atoms with E-state index in [1.54, 1.807) is 25.6 Å². The van der Waals surface area contributed by atoms with Crippen LogP contribution in [0.4, 0.5) is 17.2 Å². The second-order valence-corrected chi connectivity index (χ2v) is 8.42. The maximum atomic E-state index is 12.5. The molecule has 0 radical (unpaired) electrons. The predicted molar refractivity (Wildman–Crippen MR) is 133 cm³/mol. The van der Waals surface area contributed by atoms with Crippen LogP contribution in [0.25, 0.3) is 16.9 Å². The van der Waals surface area contributed by atoms with Gasteiger partial charge in [-0.05, 0) is 18.2 Å². The van der Waals surface area contributed by atoms with Gasteiger partial charge in [0.1, 0.15) is 17.9 Å². The van der Waals surface area contributed by atoms with E-state index in [1.807, 2.05) is 35.0 Å². The number of nitrogens with zero attached hydrogens (tertiary/aromatic N) is 5. The van der Waals surface area contributed by atoms with E-state index in [2.05, 4.69) is 25.5 Å². The molecule has 1 saturated heterocycles. The zero-order chi connectivity index (χ0) is 24.5. The average Bonchev–Trinajstić information content (AvgIpc) is 3.33. The largest absolute Gasteiger partial charge is 0.495 e. The minimum atomic E-state index is -0.216. The predicted octanol–water partition coefficient (Wildman–Crippen LogP) is 2.50. The lowest BCUT2D eigenvalue weighted by Gasteiger charge is -2.30. The van der Waals surface area contributed by atoms with Gasteiger partial charge < -0.3 is 34.1 Å². The van der Waals surface area contributed by atoms with Gasteiger partial charge in [-0.3, -0.25) is 4.79 Å². The van der Waals surface area contributed by atoms with Crippen LogP contribution in [0, 0.1) is 0 Å². The Morgan fingerprint density at radius 2 is 2.03 bits per heavy atom. The molecule has 6 rings (SSSR count). The lowest BCUT2D eigenvalue weighted by Crippen LogP contribution is -2.36. The summed E-state index contributed by atoms with van der Waals surface area (Å²) in [6.07, 6.45) is 7.08. The van der Waals surface area contributed by atoms with E-state index < -0.39 is 0 Å². The Labute approximate surface area is 207 Å². The Morgan fingerprint density at radius 1 is 1.14 bits per heavy atom.